The molecule has 0 bridgehead atoms. The van der Waals surface area contributed by atoms with E-state index in [2.05, 4.69) is 39.0 Å². The Hall–Kier alpha value is -2.71. The SMILES string of the molecule is CN=C(NCc1ccc(C)cc1OCC(F)(F)F)NCc1nccn1CC(C)C. The van der Waals surface area contributed by atoms with Gasteiger partial charge in [0.15, 0.2) is 12.6 Å². The van der Waals surface area contributed by atoms with E-state index < -0.39 is 12.8 Å². The van der Waals surface area contributed by atoms with Crippen molar-refractivity contribution in [3.63, 3.8) is 0 Å². The molecule has 2 N–H and O–H groups in total. The van der Waals surface area contributed by atoms with Crippen LogP contribution in [0.2, 0.25) is 0 Å². The molecule has 0 amide bonds. The largest absolute Gasteiger partial charge is 0.484 e. The standard InChI is InChI=1S/C20H28F3N5O/c1-14(2)12-28-8-7-25-18(28)11-27-19(24-4)26-10-16-6-5-15(3)9-17(16)29-13-20(21,22)23/h5-9,14H,10-13H2,1-4H3,(H2,24,26,27). The van der Waals surface area contributed by atoms with Crippen molar-refractivity contribution in [2.24, 2.45) is 10.9 Å². The van der Waals surface area contributed by atoms with Crippen LogP contribution in [0.3, 0.4) is 0 Å². The molecule has 0 aliphatic heterocycles. The van der Waals surface area contributed by atoms with Gasteiger partial charge >= 0.3 is 6.18 Å². The number of alkyl halides is 3. The van der Waals surface area contributed by atoms with Crippen LogP contribution < -0.4 is 15.4 Å². The third kappa shape index (κ3) is 7.67. The van der Waals surface area contributed by atoms with Crippen LogP contribution in [-0.4, -0.2) is 35.3 Å². The molecule has 0 saturated heterocycles. The number of aromatic nitrogens is 2. The zero-order chi connectivity index (χ0) is 21.4. The average Bonchev–Trinajstić information content (AvgIpc) is 3.07. The molecule has 0 aliphatic rings. The minimum atomic E-state index is -4.38. The van der Waals surface area contributed by atoms with Crippen LogP contribution in [-0.2, 0) is 19.6 Å². The monoisotopic (exact) mass is 411 g/mol. The van der Waals surface area contributed by atoms with Crippen molar-refractivity contribution in [3.05, 3.63) is 47.5 Å². The van der Waals surface area contributed by atoms with Gasteiger partial charge in [0, 0.05) is 38.1 Å². The van der Waals surface area contributed by atoms with Gasteiger partial charge in [0.05, 0.1) is 6.54 Å². The summed E-state index contributed by atoms with van der Waals surface area (Å²) in [5.41, 5.74) is 1.44. The number of benzene rings is 1. The minimum Gasteiger partial charge on any atom is -0.484 e. The molecule has 0 spiro atoms. The van der Waals surface area contributed by atoms with Crippen molar-refractivity contribution in [3.8, 4) is 5.75 Å². The summed E-state index contributed by atoms with van der Waals surface area (Å²) in [6.07, 6.45) is -0.695. The van der Waals surface area contributed by atoms with E-state index >= 15 is 0 Å². The zero-order valence-corrected chi connectivity index (χ0v) is 17.2. The van der Waals surface area contributed by atoms with Gasteiger partial charge in [-0.2, -0.15) is 13.2 Å². The lowest BCUT2D eigenvalue weighted by molar-refractivity contribution is -0.153. The minimum absolute atomic E-state index is 0.206. The highest BCUT2D eigenvalue weighted by atomic mass is 19.4. The number of rotatable bonds is 8. The van der Waals surface area contributed by atoms with Gasteiger partial charge in [-0.3, -0.25) is 4.99 Å². The number of guanidine groups is 1. The first-order chi connectivity index (χ1) is 13.7. The zero-order valence-electron chi connectivity index (χ0n) is 17.2. The lowest BCUT2D eigenvalue weighted by Gasteiger charge is -2.16. The van der Waals surface area contributed by atoms with Crippen molar-refractivity contribution in [1.82, 2.24) is 20.2 Å². The van der Waals surface area contributed by atoms with Crippen molar-refractivity contribution in [2.45, 2.75) is 46.6 Å². The molecule has 0 radical (unpaired) electrons. The van der Waals surface area contributed by atoms with E-state index in [-0.39, 0.29) is 12.3 Å². The van der Waals surface area contributed by atoms with E-state index in [1.807, 2.05) is 12.3 Å². The van der Waals surface area contributed by atoms with E-state index in [1.54, 1.807) is 32.3 Å². The molecule has 0 atom stereocenters. The Kier molecular flexibility index (Phi) is 7.92. The van der Waals surface area contributed by atoms with Gasteiger partial charge in [-0.15, -0.1) is 0 Å². The Labute approximate surface area is 169 Å². The maximum absolute atomic E-state index is 12.5. The van der Waals surface area contributed by atoms with Gasteiger partial charge in [-0.1, -0.05) is 26.0 Å². The maximum atomic E-state index is 12.5. The van der Waals surface area contributed by atoms with E-state index in [4.69, 9.17) is 4.74 Å². The molecule has 1 aromatic carbocycles. The third-order valence-corrected chi connectivity index (χ3v) is 4.06. The van der Waals surface area contributed by atoms with Gasteiger partial charge in [0.25, 0.3) is 0 Å². The van der Waals surface area contributed by atoms with E-state index in [1.165, 1.54) is 0 Å². The number of hydrogen-bond acceptors (Lipinski definition) is 3. The number of aryl methyl sites for hydroxylation is 1. The maximum Gasteiger partial charge on any atom is 0.422 e. The fourth-order valence-corrected chi connectivity index (χ4v) is 2.73. The normalized spacial score (nSPS) is 12.3. The smallest absolute Gasteiger partial charge is 0.422 e. The number of ether oxygens (including phenoxy) is 1. The van der Waals surface area contributed by atoms with Crippen molar-refractivity contribution in [1.29, 1.82) is 0 Å². The number of nitrogens with zero attached hydrogens (tertiary/aromatic N) is 3. The van der Waals surface area contributed by atoms with Gasteiger partial charge in [-0.05, 0) is 24.5 Å². The lowest BCUT2D eigenvalue weighted by atomic mass is 10.1. The molecule has 0 fully saturated rings. The van der Waals surface area contributed by atoms with Crippen molar-refractivity contribution < 1.29 is 17.9 Å². The topological polar surface area (TPSA) is 63.5 Å². The van der Waals surface area contributed by atoms with Crippen LogP contribution >= 0.6 is 0 Å². The number of aliphatic imine (C=N–C) groups is 1. The highest BCUT2D eigenvalue weighted by Gasteiger charge is 2.28. The summed E-state index contributed by atoms with van der Waals surface area (Å²) in [5.74, 6) is 2.10. The number of nitrogens with one attached hydrogen (secondary N) is 2. The Morgan fingerprint density at radius 1 is 1.24 bits per heavy atom. The molecule has 2 aromatic rings. The Bertz CT molecular complexity index is 815. The quantitative estimate of drug-likeness (QED) is 0.514. The fraction of sp³-hybridized carbons (Fsp3) is 0.500. The molecular weight excluding hydrogens is 383 g/mol. The van der Waals surface area contributed by atoms with Gasteiger partial charge in [0.2, 0.25) is 0 Å². The molecule has 9 heteroatoms. The summed E-state index contributed by atoms with van der Waals surface area (Å²) in [6.45, 7) is 6.37. The van der Waals surface area contributed by atoms with E-state index in [0.29, 0.717) is 24.0 Å². The van der Waals surface area contributed by atoms with Crippen molar-refractivity contribution >= 4 is 5.96 Å². The summed E-state index contributed by atoms with van der Waals surface area (Å²) in [5, 5.41) is 6.28. The van der Waals surface area contributed by atoms with Gasteiger partial charge in [0.1, 0.15) is 11.6 Å². The summed E-state index contributed by atoms with van der Waals surface area (Å²) < 4.78 is 44.6. The number of hydrogen-bond donors (Lipinski definition) is 2. The Balaban J connectivity index is 1.96. The van der Waals surface area contributed by atoms with Crippen LogP contribution in [0.15, 0.2) is 35.6 Å². The molecule has 6 nitrogen and oxygen atoms in total. The molecular formula is C20H28F3N5O. The molecule has 160 valence electrons. The Morgan fingerprint density at radius 2 is 1.97 bits per heavy atom. The number of imidazole rings is 1. The Morgan fingerprint density at radius 3 is 2.62 bits per heavy atom. The van der Waals surface area contributed by atoms with Crippen LogP contribution in [0, 0.1) is 12.8 Å². The first-order valence-corrected chi connectivity index (χ1v) is 9.41. The van der Waals surface area contributed by atoms with E-state index in [0.717, 1.165) is 17.9 Å². The highest BCUT2D eigenvalue weighted by molar-refractivity contribution is 5.79. The van der Waals surface area contributed by atoms with Crippen LogP contribution in [0.5, 0.6) is 5.75 Å². The van der Waals surface area contributed by atoms with Crippen LogP contribution in [0.25, 0.3) is 0 Å². The fourth-order valence-electron chi connectivity index (χ4n) is 2.73. The second-order valence-corrected chi connectivity index (χ2v) is 7.18. The van der Waals surface area contributed by atoms with Gasteiger partial charge in [-0.25, -0.2) is 4.98 Å². The van der Waals surface area contributed by atoms with Gasteiger partial charge < -0.3 is 19.9 Å². The van der Waals surface area contributed by atoms with Crippen molar-refractivity contribution in [2.75, 3.05) is 13.7 Å². The van der Waals surface area contributed by atoms with Crippen LogP contribution in [0.1, 0.15) is 30.8 Å². The van der Waals surface area contributed by atoms with Crippen LogP contribution in [0.4, 0.5) is 13.2 Å². The second-order valence-electron chi connectivity index (χ2n) is 7.18. The molecule has 1 heterocycles. The molecule has 2 rings (SSSR count). The average molecular weight is 411 g/mol. The predicted octanol–water partition coefficient (Wildman–Crippen LogP) is 3.65. The molecule has 0 saturated carbocycles. The molecule has 0 aliphatic carbocycles. The second kappa shape index (κ2) is 10.2. The first kappa shape index (κ1) is 22.6. The number of halogens is 3. The first-order valence-electron chi connectivity index (χ1n) is 9.41. The molecule has 1 aromatic heterocycles. The summed E-state index contributed by atoms with van der Waals surface area (Å²) in [6, 6.07) is 5.18. The summed E-state index contributed by atoms with van der Waals surface area (Å²) >= 11 is 0. The summed E-state index contributed by atoms with van der Waals surface area (Å²) in [4.78, 5) is 8.52. The predicted molar refractivity (Wildman–Crippen MR) is 107 cm³/mol. The summed E-state index contributed by atoms with van der Waals surface area (Å²) in [7, 11) is 1.63. The highest BCUT2D eigenvalue weighted by Crippen LogP contribution is 2.23. The van der Waals surface area contributed by atoms with E-state index in [9.17, 15) is 13.2 Å². The molecule has 0 unspecified atom stereocenters. The molecule has 29 heavy (non-hydrogen) atoms. The third-order valence-electron chi connectivity index (χ3n) is 4.06. The lowest BCUT2D eigenvalue weighted by Crippen LogP contribution is -2.37.